The van der Waals surface area contributed by atoms with Gasteiger partial charge in [0.1, 0.15) is 12.4 Å². The van der Waals surface area contributed by atoms with Crippen LogP contribution in [0.15, 0.2) is 46.7 Å². The number of halogens is 2. The van der Waals surface area contributed by atoms with Crippen molar-refractivity contribution >= 4 is 46.6 Å². The van der Waals surface area contributed by atoms with Crippen LogP contribution in [-0.2, 0) is 16.1 Å². The Morgan fingerprint density at radius 1 is 1.30 bits per heavy atom. The van der Waals surface area contributed by atoms with Crippen LogP contribution in [0.4, 0.5) is 5.69 Å². The zero-order valence-electron chi connectivity index (χ0n) is 16.8. The standard InChI is InChI=1S/C21H29Cl2N3O3S/c22-20-18(29-11-14-1-3-17(26)4-2-14)7-16(9-21(20,23)13-25)12-30-6-5-15(10-24)8-19(27)28/h1-4,7,15H,5-6,8-13,24-26H2,(H,27,28). The second-order valence-corrected chi connectivity index (χ2v) is 9.60. The second kappa shape index (κ2) is 11.9. The molecule has 166 valence electrons. The number of carboxylic acid groups (broad SMARTS) is 1. The summed E-state index contributed by atoms with van der Waals surface area (Å²) in [7, 11) is 0. The molecule has 0 radical (unpaired) electrons. The predicted octanol–water partition coefficient (Wildman–Crippen LogP) is 3.68. The average molecular weight is 474 g/mol. The number of rotatable bonds is 12. The summed E-state index contributed by atoms with van der Waals surface area (Å²) in [5.74, 6) is 1.24. The predicted molar refractivity (Wildman–Crippen MR) is 126 cm³/mol. The molecule has 0 bridgehead atoms. The van der Waals surface area contributed by atoms with Crippen LogP contribution in [-0.4, -0.2) is 40.5 Å². The largest absolute Gasteiger partial charge is 0.488 e. The first-order valence-corrected chi connectivity index (χ1v) is 11.6. The number of nitrogens with two attached hydrogens (primary N) is 3. The molecule has 0 aromatic heterocycles. The number of thioether (sulfide) groups is 1. The zero-order valence-corrected chi connectivity index (χ0v) is 19.1. The molecule has 0 saturated heterocycles. The van der Waals surface area contributed by atoms with Crippen molar-refractivity contribution in [3.63, 3.8) is 0 Å². The fraction of sp³-hybridized carbons (Fsp3) is 0.476. The Morgan fingerprint density at radius 3 is 2.60 bits per heavy atom. The number of anilines is 1. The van der Waals surface area contributed by atoms with Crippen LogP contribution in [0.3, 0.4) is 0 Å². The summed E-state index contributed by atoms with van der Waals surface area (Å²) in [5.41, 5.74) is 20.0. The molecule has 7 N–H and O–H groups in total. The van der Waals surface area contributed by atoms with E-state index in [1.165, 1.54) is 0 Å². The first-order valence-electron chi connectivity index (χ1n) is 9.73. The molecule has 1 aromatic carbocycles. The first-order chi connectivity index (χ1) is 14.3. The minimum Gasteiger partial charge on any atom is -0.488 e. The number of ether oxygens (including phenoxy) is 1. The summed E-state index contributed by atoms with van der Waals surface area (Å²) in [6.07, 6.45) is 3.32. The number of alkyl halides is 1. The van der Waals surface area contributed by atoms with Gasteiger partial charge in [-0.1, -0.05) is 29.3 Å². The molecule has 9 heteroatoms. The molecule has 0 fully saturated rings. The third kappa shape index (κ3) is 7.39. The Labute approximate surface area is 191 Å². The van der Waals surface area contributed by atoms with Gasteiger partial charge in [-0.3, -0.25) is 4.79 Å². The zero-order chi connectivity index (χ0) is 22.1. The minimum absolute atomic E-state index is 0.0142. The van der Waals surface area contributed by atoms with Gasteiger partial charge < -0.3 is 27.0 Å². The van der Waals surface area contributed by atoms with Crippen LogP contribution in [0.25, 0.3) is 0 Å². The molecule has 2 atom stereocenters. The van der Waals surface area contributed by atoms with Crippen LogP contribution in [0, 0.1) is 5.92 Å². The highest BCUT2D eigenvalue weighted by molar-refractivity contribution is 7.99. The van der Waals surface area contributed by atoms with Crippen LogP contribution in [0.1, 0.15) is 24.8 Å². The van der Waals surface area contributed by atoms with E-state index < -0.39 is 10.8 Å². The van der Waals surface area contributed by atoms with Crippen molar-refractivity contribution in [3.8, 4) is 0 Å². The smallest absolute Gasteiger partial charge is 0.303 e. The number of benzene rings is 1. The van der Waals surface area contributed by atoms with E-state index in [0.29, 0.717) is 36.1 Å². The molecule has 2 unspecified atom stereocenters. The van der Waals surface area contributed by atoms with Gasteiger partial charge in [0.25, 0.3) is 0 Å². The Kier molecular flexibility index (Phi) is 9.84. The van der Waals surface area contributed by atoms with Gasteiger partial charge in [-0.25, -0.2) is 0 Å². The summed E-state index contributed by atoms with van der Waals surface area (Å²) in [6, 6.07) is 7.43. The van der Waals surface area contributed by atoms with Crippen molar-refractivity contribution in [2.75, 3.05) is 30.3 Å². The van der Waals surface area contributed by atoms with Crippen molar-refractivity contribution in [3.05, 3.63) is 52.3 Å². The Morgan fingerprint density at radius 2 is 2.00 bits per heavy atom. The Balaban J connectivity index is 1.98. The molecule has 6 nitrogen and oxygen atoms in total. The topological polar surface area (TPSA) is 125 Å². The lowest BCUT2D eigenvalue weighted by Gasteiger charge is -2.31. The number of allylic oxidation sites excluding steroid dienone is 1. The van der Waals surface area contributed by atoms with Crippen LogP contribution in [0.2, 0.25) is 0 Å². The van der Waals surface area contributed by atoms with Crippen LogP contribution >= 0.6 is 35.0 Å². The maximum atomic E-state index is 10.9. The average Bonchev–Trinajstić information content (AvgIpc) is 2.72. The summed E-state index contributed by atoms with van der Waals surface area (Å²) >= 11 is 14.9. The van der Waals surface area contributed by atoms with E-state index in [0.717, 1.165) is 29.1 Å². The van der Waals surface area contributed by atoms with Crippen LogP contribution < -0.4 is 17.2 Å². The number of hydrogen-bond acceptors (Lipinski definition) is 6. The highest BCUT2D eigenvalue weighted by Gasteiger charge is 2.36. The van der Waals surface area contributed by atoms with Gasteiger partial charge in [0, 0.05) is 24.4 Å². The number of nitrogen functional groups attached to an aromatic ring is 1. The van der Waals surface area contributed by atoms with Gasteiger partial charge in [0.2, 0.25) is 0 Å². The number of aliphatic carboxylic acids is 1. The number of hydrogen-bond donors (Lipinski definition) is 4. The van der Waals surface area contributed by atoms with Gasteiger partial charge in [-0.15, -0.1) is 11.6 Å². The van der Waals surface area contributed by atoms with E-state index in [1.807, 2.05) is 30.3 Å². The van der Waals surface area contributed by atoms with E-state index in [4.69, 9.17) is 50.2 Å². The summed E-state index contributed by atoms with van der Waals surface area (Å²) < 4.78 is 5.95. The number of carboxylic acids is 1. The monoisotopic (exact) mass is 473 g/mol. The van der Waals surface area contributed by atoms with E-state index in [2.05, 4.69) is 0 Å². The fourth-order valence-electron chi connectivity index (χ4n) is 3.10. The normalized spacial score (nSPS) is 20.1. The van der Waals surface area contributed by atoms with E-state index in [-0.39, 0.29) is 18.9 Å². The number of carbonyl (C=O) groups is 1. The fourth-order valence-corrected chi connectivity index (χ4v) is 4.71. The van der Waals surface area contributed by atoms with Crippen molar-refractivity contribution in [2.45, 2.75) is 30.7 Å². The maximum Gasteiger partial charge on any atom is 0.303 e. The molecule has 30 heavy (non-hydrogen) atoms. The van der Waals surface area contributed by atoms with Crippen LogP contribution in [0.5, 0.6) is 0 Å². The highest BCUT2D eigenvalue weighted by atomic mass is 35.5. The van der Waals surface area contributed by atoms with Crippen molar-refractivity contribution < 1.29 is 14.6 Å². The summed E-state index contributed by atoms with van der Waals surface area (Å²) in [5, 5.41) is 9.34. The van der Waals surface area contributed by atoms with Crippen molar-refractivity contribution in [2.24, 2.45) is 17.4 Å². The van der Waals surface area contributed by atoms with Gasteiger partial charge in [-0.2, -0.15) is 11.8 Å². The van der Waals surface area contributed by atoms with Crippen molar-refractivity contribution in [1.82, 2.24) is 0 Å². The molecule has 0 spiro atoms. The molecule has 0 aliphatic heterocycles. The molecule has 2 rings (SSSR count). The van der Waals surface area contributed by atoms with E-state index in [9.17, 15) is 4.79 Å². The molecule has 1 aliphatic rings. The molecule has 0 saturated carbocycles. The first kappa shape index (κ1) is 24.9. The lowest BCUT2D eigenvalue weighted by atomic mass is 9.93. The molecule has 0 heterocycles. The maximum absolute atomic E-state index is 10.9. The molecular formula is C21H29Cl2N3O3S. The van der Waals surface area contributed by atoms with Gasteiger partial charge in [0.15, 0.2) is 0 Å². The molecular weight excluding hydrogens is 445 g/mol. The lowest BCUT2D eigenvalue weighted by molar-refractivity contribution is -0.138. The van der Waals surface area contributed by atoms with Crippen molar-refractivity contribution in [1.29, 1.82) is 0 Å². The van der Waals surface area contributed by atoms with Gasteiger partial charge in [0.05, 0.1) is 9.91 Å². The molecule has 1 aromatic rings. The Bertz CT molecular complexity index is 786. The van der Waals surface area contributed by atoms with Gasteiger partial charge in [-0.05, 0) is 54.8 Å². The van der Waals surface area contributed by atoms with Gasteiger partial charge >= 0.3 is 5.97 Å². The quantitative estimate of drug-likeness (QED) is 0.207. The summed E-state index contributed by atoms with van der Waals surface area (Å²) in [4.78, 5) is 9.98. The summed E-state index contributed by atoms with van der Waals surface area (Å²) in [6.45, 7) is 0.903. The third-order valence-corrected chi connectivity index (χ3v) is 7.13. The SMILES string of the molecule is NCC(CCSCC1=CC(OCc2ccc(N)cc2)=C(Cl)C(Cl)(CN)C1)CC(=O)O. The van der Waals surface area contributed by atoms with E-state index in [1.54, 1.807) is 11.8 Å². The molecule has 1 aliphatic carbocycles. The lowest BCUT2D eigenvalue weighted by Crippen LogP contribution is -2.36. The highest BCUT2D eigenvalue weighted by Crippen LogP contribution is 2.41. The minimum atomic E-state index is -0.883. The van der Waals surface area contributed by atoms with E-state index >= 15 is 0 Å². The molecule has 0 amide bonds. The Hall–Kier alpha value is -1.38. The third-order valence-electron chi connectivity index (χ3n) is 4.90. The second-order valence-electron chi connectivity index (χ2n) is 7.40.